The van der Waals surface area contributed by atoms with E-state index in [2.05, 4.69) is 35.9 Å². The molecule has 1 aromatic carbocycles. The van der Waals surface area contributed by atoms with Gasteiger partial charge in [-0.15, -0.1) is 0 Å². The van der Waals surface area contributed by atoms with E-state index in [1.165, 1.54) is 0 Å². The van der Waals surface area contributed by atoms with Crippen LogP contribution >= 0.6 is 11.6 Å². The lowest BCUT2D eigenvalue weighted by atomic mass is 10.1. The first-order valence-corrected chi connectivity index (χ1v) is 6.89. The SMILES string of the molecule is CCCN(CC)Cc1cc2ccccc2nc1Cl. The average Bonchev–Trinajstić information content (AvgIpc) is 2.39. The summed E-state index contributed by atoms with van der Waals surface area (Å²) in [6.45, 7) is 7.39. The highest BCUT2D eigenvalue weighted by atomic mass is 35.5. The van der Waals surface area contributed by atoms with Crippen molar-refractivity contribution < 1.29 is 0 Å². The normalized spacial score (nSPS) is 11.3. The fraction of sp³-hybridized carbons (Fsp3) is 0.400. The summed E-state index contributed by atoms with van der Waals surface area (Å²) in [6.07, 6.45) is 1.16. The summed E-state index contributed by atoms with van der Waals surface area (Å²) in [5.41, 5.74) is 2.08. The summed E-state index contributed by atoms with van der Waals surface area (Å²) in [4.78, 5) is 6.85. The second-order valence-electron chi connectivity index (χ2n) is 4.50. The Kier molecular flexibility index (Phi) is 4.56. The van der Waals surface area contributed by atoms with Crippen molar-refractivity contribution in [2.75, 3.05) is 13.1 Å². The quantitative estimate of drug-likeness (QED) is 0.754. The van der Waals surface area contributed by atoms with Crippen molar-refractivity contribution in [1.29, 1.82) is 0 Å². The zero-order chi connectivity index (χ0) is 13.0. The van der Waals surface area contributed by atoms with Gasteiger partial charge in [0.2, 0.25) is 0 Å². The number of pyridine rings is 1. The first-order chi connectivity index (χ1) is 8.74. The summed E-state index contributed by atoms with van der Waals surface area (Å²) < 4.78 is 0. The number of nitrogens with zero attached hydrogens (tertiary/aromatic N) is 2. The van der Waals surface area contributed by atoms with Crippen LogP contribution in [0.5, 0.6) is 0 Å². The molecule has 18 heavy (non-hydrogen) atoms. The minimum atomic E-state index is 0.628. The Morgan fingerprint density at radius 2 is 2.00 bits per heavy atom. The van der Waals surface area contributed by atoms with Crippen LogP contribution in [0.1, 0.15) is 25.8 Å². The molecule has 0 amide bonds. The lowest BCUT2D eigenvalue weighted by molar-refractivity contribution is 0.280. The van der Waals surface area contributed by atoms with Crippen molar-refractivity contribution in [2.45, 2.75) is 26.8 Å². The van der Waals surface area contributed by atoms with Crippen LogP contribution in [0.3, 0.4) is 0 Å². The standard InChI is InChI=1S/C15H19ClN2/c1-3-9-18(4-2)11-13-10-12-7-5-6-8-14(12)17-15(13)16/h5-8,10H,3-4,9,11H2,1-2H3. The van der Waals surface area contributed by atoms with E-state index in [4.69, 9.17) is 11.6 Å². The van der Waals surface area contributed by atoms with Gasteiger partial charge in [-0.25, -0.2) is 4.98 Å². The van der Waals surface area contributed by atoms with Gasteiger partial charge in [0.25, 0.3) is 0 Å². The van der Waals surface area contributed by atoms with Gasteiger partial charge >= 0.3 is 0 Å². The molecule has 0 fully saturated rings. The molecule has 1 heterocycles. The molecule has 0 atom stereocenters. The van der Waals surface area contributed by atoms with Crippen molar-refractivity contribution in [3.63, 3.8) is 0 Å². The fourth-order valence-corrected chi connectivity index (χ4v) is 2.36. The van der Waals surface area contributed by atoms with Crippen molar-refractivity contribution in [1.82, 2.24) is 9.88 Å². The van der Waals surface area contributed by atoms with E-state index in [1.807, 2.05) is 18.2 Å². The zero-order valence-corrected chi connectivity index (χ0v) is 11.7. The number of rotatable bonds is 5. The molecule has 0 aliphatic rings. The highest BCUT2D eigenvalue weighted by molar-refractivity contribution is 6.30. The summed E-state index contributed by atoms with van der Waals surface area (Å²) in [5.74, 6) is 0. The van der Waals surface area contributed by atoms with E-state index in [0.29, 0.717) is 5.15 Å². The van der Waals surface area contributed by atoms with Crippen LogP contribution in [0.4, 0.5) is 0 Å². The van der Waals surface area contributed by atoms with Gasteiger partial charge < -0.3 is 0 Å². The first kappa shape index (κ1) is 13.3. The lowest BCUT2D eigenvalue weighted by Gasteiger charge is -2.20. The van der Waals surface area contributed by atoms with Crippen LogP contribution in [0.15, 0.2) is 30.3 Å². The summed E-state index contributed by atoms with van der Waals surface area (Å²) in [6, 6.07) is 10.3. The van der Waals surface area contributed by atoms with Crippen LogP contribution in [-0.4, -0.2) is 23.0 Å². The maximum Gasteiger partial charge on any atom is 0.134 e. The fourth-order valence-electron chi connectivity index (χ4n) is 2.15. The minimum Gasteiger partial charge on any atom is -0.299 e. The van der Waals surface area contributed by atoms with Crippen molar-refractivity contribution >= 4 is 22.5 Å². The van der Waals surface area contributed by atoms with E-state index in [0.717, 1.165) is 42.5 Å². The van der Waals surface area contributed by atoms with E-state index < -0.39 is 0 Å². The van der Waals surface area contributed by atoms with Gasteiger partial charge in [0.05, 0.1) is 5.52 Å². The van der Waals surface area contributed by atoms with Crippen LogP contribution in [0.25, 0.3) is 10.9 Å². The maximum atomic E-state index is 6.27. The Balaban J connectivity index is 2.29. The molecule has 0 unspecified atom stereocenters. The second kappa shape index (κ2) is 6.17. The van der Waals surface area contributed by atoms with E-state index in [9.17, 15) is 0 Å². The molecule has 0 aliphatic heterocycles. The van der Waals surface area contributed by atoms with Gasteiger partial charge in [-0.1, -0.05) is 43.6 Å². The third kappa shape index (κ3) is 3.01. The summed E-state index contributed by atoms with van der Waals surface area (Å²) in [7, 11) is 0. The molecule has 1 aromatic heterocycles. The zero-order valence-electron chi connectivity index (χ0n) is 11.0. The Bertz CT molecular complexity index is 525. The third-order valence-electron chi connectivity index (χ3n) is 3.13. The molecule has 2 rings (SSSR count). The monoisotopic (exact) mass is 262 g/mol. The Hall–Kier alpha value is -1.12. The van der Waals surface area contributed by atoms with Crippen molar-refractivity contribution in [3.8, 4) is 0 Å². The summed E-state index contributed by atoms with van der Waals surface area (Å²) >= 11 is 6.27. The van der Waals surface area contributed by atoms with Crippen LogP contribution < -0.4 is 0 Å². The molecular formula is C15H19ClN2. The van der Waals surface area contributed by atoms with Gasteiger partial charge in [-0.3, -0.25) is 4.90 Å². The third-order valence-corrected chi connectivity index (χ3v) is 3.46. The number of aromatic nitrogens is 1. The van der Waals surface area contributed by atoms with Gasteiger partial charge in [0.15, 0.2) is 0 Å². The Morgan fingerprint density at radius 1 is 1.22 bits per heavy atom. The molecule has 0 saturated heterocycles. The molecular weight excluding hydrogens is 244 g/mol. The molecule has 2 aromatic rings. The Morgan fingerprint density at radius 3 is 2.72 bits per heavy atom. The van der Waals surface area contributed by atoms with Gasteiger partial charge in [-0.2, -0.15) is 0 Å². The molecule has 0 radical (unpaired) electrons. The molecule has 2 nitrogen and oxygen atoms in total. The van der Waals surface area contributed by atoms with Crippen LogP contribution in [0.2, 0.25) is 5.15 Å². The largest absolute Gasteiger partial charge is 0.299 e. The number of fused-ring (bicyclic) bond motifs is 1. The molecule has 0 bridgehead atoms. The van der Waals surface area contributed by atoms with E-state index >= 15 is 0 Å². The second-order valence-corrected chi connectivity index (χ2v) is 4.86. The van der Waals surface area contributed by atoms with Crippen LogP contribution in [0, 0.1) is 0 Å². The summed E-state index contributed by atoms with van der Waals surface area (Å²) in [5, 5.41) is 1.78. The highest BCUT2D eigenvalue weighted by Gasteiger charge is 2.08. The number of para-hydroxylation sites is 1. The van der Waals surface area contributed by atoms with E-state index in [-0.39, 0.29) is 0 Å². The van der Waals surface area contributed by atoms with E-state index in [1.54, 1.807) is 0 Å². The lowest BCUT2D eigenvalue weighted by Crippen LogP contribution is -2.23. The topological polar surface area (TPSA) is 16.1 Å². The van der Waals surface area contributed by atoms with Crippen LogP contribution in [-0.2, 0) is 6.54 Å². The maximum absolute atomic E-state index is 6.27. The average molecular weight is 263 g/mol. The molecule has 0 spiro atoms. The molecule has 3 heteroatoms. The Labute approximate surface area is 114 Å². The predicted molar refractivity (Wildman–Crippen MR) is 78.0 cm³/mol. The molecule has 96 valence electrons. The van der Waals surface area contributed by atoms with Gasteiger partial charge in [0, 0.05) is 17.5 Å². The van der Waals surface area contributed by atoms with Crippen molar-refractivity contribution in [2.24, 2.45) is 0 Å². The molecule has 0 N–H and O–H groups in total. The number of hydrogen-bond donors (Lipinski definition) is 0. The minimum absolute atomic E-state index is 0.628. The molecule has 0 aliphatic carbocycles. The van der Waals surface area contributed by atoms with Gasteiger partial charge in [0.1, 0.15) is 5.15 Å². The van der Waals surface area contributed by atoms with Gasteiger partial charge in [-0.05, 0) is 31.6 Å². The van der Waals surface area contributed by atoms with Crippen molar-refractivity contribution in [3.05, 3.63) is 41.0 Å². The first-order valence-electron chi connectivity index (χ1n) is 6.51. The number of hydrogen-bond acceptors (Lipinski definition) is 2. The smallest absolute Gasteiger partial charge is 0.134 e. The molecule has 0 saturated carbocycles. The highest BCUT2D eigenvalue weighted by Crippen LogP contribution is 2.21. The number of halogens is 1. The number of benzene rings is 1. The predicted octanol–water partition coefficient (Wildman–Crippen LogP) is 4.12.